The van der Waals surface area contributed by atoms with Crippen molar-refractivity contribution in [2.45, 2.75) is 23.7 Å². The molecule has 0 fully saturated rings. The highest BCUT2D eigenvalue weighted by Gasteiger charge is 2.46. The summed E-state index contributed by atoms with van der Waals surface area (Å²) in [6.07, 6.45) is -0.936. The van der Waals surface area contributed by atoms with Crippen molar-refractivity contribution in [3.63, 3.8) is 0 Å². The number of aliphatic hydroxyl groups excluding tert-OH is 1. The van der Waals surface area contributed by atoms with Gasteiger partial charge in [-0.05, 0) is 59.3 Å². The maximum Gasteiger partial charge on any atom is 0.322 e. The number of hydrogen-bond acceptors (Lipinski definition) is 4. The zero-order valence-electron chi connectivity index (χ0n) is 24.4. The highest BCUT2D eigenvalue weighted by Crippen LogP contribution is 2.60. The molecule has 6 aromatic rings. The second-order valence-electron chi connectivity index (χ2n) is 11.4. The van der Waals surface area contributed by atoms with Gasteiger partial charge in [-0.3, -0.25) is 0 Å². The second kappa shape index (κ2) is 11.6. The van der Waals surface area contributed by atoms with Crippen LogP contribution in [0.2, 0.25) is 0 Å². The maximum atomic E-state index is 15.0. The zero-order valence-corrected chi connectivity index (χ0v) is 25.3. The van der Waals surface area contributed by atoms with Crippen LogP contribution in [0.25, 0.3) is 22.2 Å². The molecule has 1 N–H and O–H groups in total. The van der Waals surface area contributed by atoms with E-state index in [0.717, 1.165) is 35.5 Å². The van der Waals surface area contributed by atoms with E-state index in [1.807, 2.05) is 109 Å². The fourth-order valence-corrected chi connectivity index (χ4v) is 6.57. The average molecular weight is 608 g/mol. The summed E-state index contributed by atoms with van der Waals surface area (Å²) in [6, 6.07) is 40.7. The molecular formula is C36H32F2N3O2P. The van der Waals surface area contributed by atoms with E-state index in [1.165, 1.54) is 12.1 Å². The number of para-hydroxylation sites is 1. The van der Waals surface area contributed by atoms with Gasteiger partial charge in [0.05, 0.1) is 5.52 Å². The third-order valence-corrected chi connectivity index (χ3v) is 9.83. The molecule has 0 radical (unpaired) electrons. The van der Waals surface area contributed by atoms with Crippen LogP contribution >= 0.6 is 7.14 Å². The van der Waals surface area contributed by atoms with Gasteiger partial charge in [0, 0.05) is 12.0 Å². The van der Waals surface area contributed by atoms with Crippen molar-refractivity contribution in [3.8, 4) is 11.1 Å². The Kier molecular flexibility index (Phi) is 7.79. The van der Waals surface area contributed by atoms with Gasteiger partial charge in [0.1, 0.15) is 17.2 Å². The Morgan fingerprint density at radius 2 is 1.36 bits per heavy atom. The topological polar surface area (TPSA) is 68.0 Å². The molecule has 44 heavy (non-hydrogen) atoms. The highest BCUT2D eigenvalue weighted by atomic mass is 31.2. The van der Waals surface area contributed by atoms with E-state index in [2.05, 4.69) is 10.3 Å². The van der Waals surface area contributed by atoms with Crippen LogP contribution in [-0.2, 0) is 22.2 Å². The summed E-state index contributed by atoms with van der Waals surface area (Å²) in [5.74, 6) is 0. The highest BCUT2D eigenvalue weighted by molar-refractivity contribution is 7.63. The molecule has 0 bridgehead atoms. The van der Waals surface area contributed by atoms with Crippen molar-refractivity contribution < 1.29 is 18.5 Å². The quantitative estimate of drug-likeness (QED) is 0.167. The summed E-state index contributed by atoms with van der Waals surface area (Å²) >= 11 is 0. The molecule has 222 valence electrons. The molecule has 0 saturated heterocycles. The summed E-state index contributed by atoms with van der Waals surface area (Å²) < 4.78 is 44.1. The van der Waals surface area contributed by atoms with E-state index in [0.29, 0.717) is 16.6 Å². The Bertz CT molecular complexity index is 1940. The molecule has 1 heterocycles. The van der Waals surface area contributed by atoms with Crippen LogP contribution in [0.4, 0.5) is 8.78 Å². The first kappa shape index (κ1) is 29.6. The molecule has 2 unspecified atom stereocenters. The molecule has 0 aliphatic heterocycles. The van der Waals surface area contributed by atoms with Crippen molar-refractivity contribution >= 4 is 18.2 Å². The van der Waals surface area contributed by atoms with Crippen LogP contribution in [0.5, 0.6) is 0 Å². The number of halogens is 2. The summed E-state index contributed by atoms with van der Waals surface area (Å²) in [6.45, 7) is 2.19. The Morgan fingerprint density at radius 3 is 2.05 bits per heavy atom. The van der Waals surface area contributed by atoms with E-state index >= 15 is 0 Å². The van der Waals surface area contributed by atoms with Crippen molar-refractivity contribution in [3.05, 3.63) is 156 Å². The molecule has 0 spiro atoms. The summed E-state index contributed by atoms with van der Waals surface area (Å²) in [5, 5.41) is 21.6. The van der Waals surface area contributed by atoms with Crippen molar-refractivity contribution in [2.75, 3.05) is 13.3 Å². The van der Waals surface area contributed by atoms with Gasteiger partial charge in [0.15, 0.2) is 7.14 Å². The number of aliphatic hydroxyl groups is 1. The predicted octanol–water partition coefficient (Wildman–Crippen LogP) is 8.49. The molecule has 0 aliphatic carbocycles. The van der Waals surface area contributed by atoms with Crippen LogP contribution in [-0.4, -0.2) is 33.4 Å². The van der Waals surface area contributed by atoms with E-state index in [-0.39, 0.29) is 12.0 Å². The Morgan fingerprint density at radius 1 is 0.750 bits per heavy atom. The molecule has 0 aliphatic rings. The molecular weight excluding hydrogens is 575 g/mol. The van der Waals surface area contributed by atoms with Gasteiger partial charge in [-0.1, -0.05) is 120 Å². The molecule has 6 rings (SSSR count). The van der Waals surface area contributed by atoms with Gasteiger partial charge in [-0.25, -0.2) is 4.68 Å². The van der Waals surface area contributed by atoms with Crippen molar-refractivity contribution in [2.24, 2.45) is 0 Å². The third kappa shape index (κ3) is 5.27. The lowest BCUT2D eigenvalue weighted by molar-refractivity contribution is 0.0521. The van der Waals surface area contributed by atoms with Gasteiger partial charge in [0.25, 0.3) is 0 Å². The number of fused-ring (bicyclic) bond motifs is 1. The maximum absolute atomic E-state index is 15.0. The Balaban J connectivity index is 1.56. The van der Waals surface area contributed by atoms with Crippen molar-refractivity contribution in [1.29, 1.82) is 0 Å². The standard InChI is InChI=1S/C36H32F2N3O2P/c1-44(2,43)36(37,38)31-22-20-26(21-23-31)25-35(30-16-7-4-8-17-30,41-33-19-10-9-18-32(33)39-40-41)34(42)29-15-11-14-28(24-29)27-12-5-3-6-13-27/h3-24,34,42H,25H2,1-2H3. The predicted molar refractivity (Wildman–Crippen MR) is 171 cm³/mol. The molecule has 5 nitrogen and oxygen atoms in total. The second-order valence-corrected chi connectivity index (χ2v) is 14.7. The van der Waals surface area contributed by atoms with E-state index in [1.54, 1.807) is 16.8 Å². The number of aromatic nitrogens is 3. The number of rotatable bonds is 9. The van der Waals surface area contributed by atoms with E-state index in [4.69, 9.17) is 0 Å². The van der Waals surface area contributed by atoms with Gasteiger partial charge in [0.2, 0.25) is 0 Å². The lowest BCUT2D eigenvalue weighted by Crippen LogP contribution is -2.44. The zero-order chi connectivity index (χ0) is 31.0. The Labute approximate surface area is 255 Å². The van der Waals surface area contributed by atoms with Gasteiger partial charge < -0.3 is 9.67 Å². The van der Waals surface area contributed by atoms with Gasteiger partial charge in [-0.15, -0.1) is 5.10 Å². The largest absolute Gasteiger partial charge is 0.385 e. The fourth-order valence-electron chi connectivity index (χ4n) is 5.80. The molecule has 8 heteroatoms. The summed E-state index contributed by atoms with van der Waals surface area (Å²) in [7, 11) is -3.74. The molecule has 2 atom stereocenters. The molecule has 0 amide bonds. The minimum absolute atomic E-state index is 0.197. The third-order valence-electron chi connectivity index (χ3n) is 8.22. The fraction of sp³-hybridized carbons (Fsp3) is 0.167. The monoisotopic (exact) mass is 607 g/mol. The molecule has 1 aromatic heterocycles. The van der Waals surface area contributed by atoms with Crippen molar-refractivity contribution in [1.82, 2.24) is 15.0 Å². The summed E-state index contributed by atoms with van der Waals surface area (Å²) in [4.78, 5) is 0. The first-order valence-electron chi connectivity index (χ1n) is 14.3. The van der Waals surface area contributed by atoms with Crippen LogP contribution < -0.4 is 0 Å². The first-order chi connectivity index (χ1) is 21.1. The normalized spacial score (nSPS) is 14.3. The average Bonchev–Trinajstić information content (AvgIpc) is 3.48. The Hall–Kier alpha value is -4.45. The number of benzene rings is 5. The van der Waals surface area contributed by atoms with Gasteiger partial charge in [-0.2, -0.15) is 8.78 Å². The van der Waals surface area contributed by atoms with Crippen LogP contribution in [0.3, 0.4) is 0 Å². The molecule has 0 saturated carbocycles. The van der Waals surface area contributed by atoms with Crippen LogP contribution in [0.1, 0.15) is 28.4 Å². The lowest BCUT2D eigenvalue weighted by Gasteiger charge is -2.39. The number of alkyl halides is 2. The van der Waals surface area contributed by atoms with Crippen LogP contribution in [0.15, 0.2) is 133 Å². The molecule has 5 aromatic carbocycles. The first-order valence-corrected chi connectivity index (χ1v) is 16.9. The minimum atomic E-state index is -3.74. The SMILES string of the molecule is CP(C)(=O)C(F)(F)c1ccc(CC(c2ccccc2)(C(O)c2cccc(-c3ccccc3)c2)n2nnc3ccccc32)cc1. The van der Waals surface area contributed by atoms with Gasteiger partial charge >= 0.3 is 5.66 Å². The number of nitrogens with zero attached hydrogens (tertiary/aromatic N) is 3. The lowest BCUT2D eigenvalue weighted by atomic mass is 9.76. The van der Waals surface area contributed by atoms with E-state index < -0.39 is 24.4 Å². The summed E-state index contributed by atoms with van der Waals surface area (Å²) in [5.41, 5.74) is 0.468. The van der Waals surface area contributed by atoms with Crippen LogP contribution in [0, 0.1) is 0 Å². The van der Waals surface area contributed by atoms with E-state index in [9.17, 15) is 18.5 Å². The smallest absolute Gasteiger partial charge is 0.322 e. The number of hydrogen-bond donors (Lipinski definition) is 1. The minimum Gasteiger partial charge on any atom is -0.385 e.